The van der Waals surface area contributed by atoms with E-state index in [1.807, 2.05) is 63.4 Å². The predicted molar refractivity (Wildman–Crippen MR) is 118 cm³/mol. The quantitative estimate of drug-likeness (QED) is 0.805. The van der Waals surface area contributed by atoms with Crippen LogP contribution in [0.1, 0.15) is 38.3 Å². The van der Waals surface area contributed by atoms with Crippen molar-refractivity contribution in [3.63, 3.8) is 0 Å². The fraction of sp³-hybridized carbons (Fsp3) is 0.417. The Morgan fingerprint density at radius 2 is 1.86 bits per heavy atom. The highest BCUT2D eigenvalue weighted by atomic mass is 16.2. The Kier molecular flexibility index (Phi) is 6.57. The van der Waals surface area contributed by atoms with Crippen LogP contribution in [0.5, 0.6) is 0 Å². The normalized spacial score (nSPS) is 15.8. The Balaban J connectivity index is 1.83. The molecule has 0 saturated carbocycles. The van der Waals surface area contributed by atoms with Gasteiger partial charge in [-0.1, -0.05) is 44.2 Å². The molecule has 2 aromatic rings. The van der Waals surface area contributed by atoms with Gasteiger partial charge in [0.2, 0.25) is 11.8 Å². The van der Waals surface area contributed by atoms with Gasteiger partial charge in [0.25, 0.3) is 0 Å². The first-order valence-electron chi connectivity index (χ1n) is 10.4. The number of nitrogens with zero attached hydrogens (tertiary/aromatic N) is 2. The van der Waals surface area contributed by atoms with Crippen molar-refractivity contribution in [2.24, 2.45) is 5.92 Å². The molecule has 0 spiro atoms. The summed E-state index contributed by atoms with van der Waals surface area (Å²) in [4.78, 5) is 30.0. The summed E-state index contributed by atoms with van der Waals surface area (Å²) in [6.45, 7) is 7.51. The van der Waals surface area contributed by atoms with Crippen LogP contribution in [0.25, 0.3) is 0 Å². The molecular formula is C24H31N3O2. The molecule has 154 valence electrons. The molecule has 2 aromatic carbocycles. The number of anilines is 2. The topological polar surface area (TPSA) is 52.7 Å². The Labute approximate surface area is 173 Å². The van der Waals surface area contributed by atoms with Crippen LogP contribution in [0.3, 0.4) is 0 Å². The van der Waals surface area contributed by atoms with Crippen molar-refractivity contribution >= 4 is 23.2 Å². The van der Waals surface area contributed by atoms with Crippen LogP contribution >= 0.6 is 0 Å². The molecule has 0 aliphatic carbocycles. The van der Waals surface area contributed by atoms with E-state index in [4.69, 9.17) is 0 Å². The van der Waals surface area contributed by atoms with Crippen LogP contribution in [0.15, 0.2) is 48.5 Å². The Morgan fingerprint density at radius 1 is 1.14 bits per heavy atom. The summed E-state index contributed by atoms with van der Waals surface area (Å²) in [7, 11) is 2.02. The third-order valence-corrected chi connectivity index (χ3v) is 5.48. The van der Waals surface area contributed by atoms with Gasteiger partial charge in [0.15, 0.2) is 0 Å². The monoisotopic (exact) mass is 393 g/mol. The Bertz CT molecular complexity index is 878. The molecule has 0 saturated heterocycles. The third-order valence-electron chi connectivity index (χ3n) is 5.48. The molecule has 29 heavy (non-hydrogen) atoms. The minimum absolute atomic E-state index is 0.0362. The molecule has 0 radical (unpaired) electrons. The van der Waals surface area contributed by atoms with Crippen molar-refractivity contribution in [1.82, 2.24) is 4.90 Å². The summed E-state index contributed by atoms with van der Waals surface area (Å²) in [5, 5.41) is 3.04. The van der Waals surface area contributed by atoms with E-state index in [9.17, 15) is 9.59 Å². The summed E-state index contributed by atoms with van der Waals surface area (Å²) in [6.07, 6.45) is 0.989. The summed E-state index contributed by atoms with van der Waals surface area (Å²) in [6, 6.07) is 15.4. The zero-order valence-corrected chi connectivity index (χ0v) is 17.8. The summed E-state index contributed by atoms with van der Waals surface area (Å²) in [5.41, 5.74) is 4.07. The molecule has 1 unspecified atom stereocenters. The van der Waals surface area contributed by atoms with Crippen LogP contribution in [0.2, 0.25) is 0 Å². The lowest BCUT2D eigenvalue weighted by molar-refractivity contribution is -0.140. The molecule has 1 aliphatic heterocycles. The van der Waals surface area contributed by atoms with E-state index in [0.717, 1.165) is 29.0 Å². The first kappa shape index (κ1) is 20.9. The number of carbonyl (C=O) groups is 2. The molecule has 1 atom stereocenters. The van der Waals surface area contributed by atoms with Crippen molar-refractivity contribution in [3.05, 3.63) is 59.7 Å². The number of carbonyl (C=O) groups excluding carboxylic acids is 2. The molecular weight excluding hydrogens is 362 g/mol. The molecule has 2 amide bonds. The van der Waals surface area contributed by atoms with Crippen LogP contribution in [0, 0.1) is 5.92 Å². The maximum absolute atomic E-state index is 13.2. The fourth-order valence-electron chi connectivity index (χ4n) is 3.72. The molecule has 0 fully saturated rings. The largest absolute Gasteiger partial charge is 0.375 e. The summed E-state index contributed by atoms with van der Waals surface area (Å²) in [5.74, 6) is 0.159. The predicted octanol–water partition coefficient (Wildman–Crippen LogP) is 4.08. The third kappa shape index (κ3) is 4.97. The molecule has 1 aliphatic rings. The minimum atomic E-state index is -0.497. The number of nitrogens with one attached hydrogen (secondary N) is 1. The van der Waals surface area contributed by atoms with Gasteiger partial charge < -0.3 is 15.1 Å². The summed E-state index contributed by atoms with van der Waals surface area (Å²) < 4.78 is 0. The SMILES string of the molecule is CCN(C)c1cccc(NC(=O)C2Cc3ccccc3CN2C(=O)CC(C)C)c1. The molecule has 0 bridgehead atoms. The number of amides is 2. The molecule has 1 heterocycles. The second-order valence-electron chi connectivity index (χ2n) is 8.16. The van der Waals surface area contributed by atoms with Gasteiger partial charge in [0.1, 0.15) is 6.04 Å². The van der Waals surface area contributed by atoms with E-state index in [1.54, 1.807) is 4.90 Å². The smallest absolute Gasteiger partial charge is 0.247 e. The Morgan fingerprint density at radius 3 is 2.55 bits per heavy atom. The first-order valence-corrected chi connectivity index (χ1v) is 10.4. The fourth-order valence-corrected chi connectivity index (χ4v) is 3.72. The van der Waals surface area contributed by atoms with E-state index in [-0.39, 0.29) is 17.7 Å². The number of benzene rings is 2. The summed E-state index contributed by atoms with van der Waals surface area (Å²) >= 11 is 0. The second kappa shape index (κ2) is 9.12. The highest BCUT2D eigenvalue weighted by molar-refractivity contribution is 5.98. The van der Waals surface area contributed by atoms with Crippen LogP contribution in [0.4, 0.5) is 11.4 Å². The standard InChI is InChI=1S/C24H31N3O2/c1-5-26(4)21-12-8-11-20(15-21)25-24(29)22-14-18-9-6-7-10-19(18)16-27(22)23(28)13-17(2)3/h6-12,15,17,22H,5,13-14,16H2,1-4H3,(H,25,29). The van der Waals surface area contributed by atoms with Gasteiger partial charge in [0.05, 0.1) is 0 Å². The van der Waals surface area contributed by atoms with Crippen molar-refractivity contribution in [3.8, 4) is 0 Å². The van der Waals surface area contributed by atoms with E-state index in [1.165, 1.54) is 0 Å². The maximum Gasteiger partial charge on any atom is 0.247 e. The van der Waals surface area contributed by atoms with Gasteiger partial charge in [-0.15, -0.1) is 0 Å². The number of hydrogen-bond acceptors (Lipinski definition) is 3. The van der Waals surface area contributed by atoms with E-state index in [2.05, 4.69) is 23.2 Å². The lowest BCUT2D eigenvalue weighted by Crippen LogP contribution is -2.50. The zero-order chi connectivity index (χ0) is 21.0. The average Bonchev–Trinajstić information content (AvgIpc) is 2.71. The van der Waals surface area contributed by atoms with Crippen LogP contribution in [-0.2, 0) is 22.6 Å². The molecule has 3 rings (SSSR count). The number of rotatable bonds is 6. The Hall–Kier alpha value is -2.82. The number of fused-ring (bicyclic) bond motifs is 1. The van der Waals surface area contributed by atoms with Gasteiger partial charge in [-0.05, 0) is 42.2 Å². The van der Waals surface area contributed by atoms with Gasteiger partial charge in [-0.2, -0.15) is 0 Å². The van der Waals surface area contributed by atoms with Gasteiger partial charge >= 0.3 is 0 Å². The van der Waals surface area contributed by atoms with Gasteiger partial charge in [0, 0.05) is 44.4 Å². The van der Waals surface area contributed by atoms with Crippen LogP contribution < -0.4 is 10.2 Å². The van der Waals surface area contributed by atoms with Gasteiger partial charge in [-0.3, -0.25) is 9.59 Å². The second-order valence-corrected chi connectivity index (χ2v) is 8.16. The molecule has 5 heteroatoms. The van der Waals surface area contributed by atoms with Crippen molar-refractivity contribution in [2.45, 2.75) is 46.2 Å². The highest BCUT2D eigenvalue weighted by Gasteiger charge is 2.34. The molecule has 1 N–H and O–H groups in total. The average molecular weight is 394 g/mol. The van der Waals surface area contributed by atoms with Crippen molar-refractivity contribution in [2.75, 3.05) is 23.8 Å². The molecule has 5 nitrogen and oxygen atoms in total. The lowest BCUT2D eigenvalue weighted by Gasteiger charge is -2.36. The lowest BCUT2D eigenvalue weighted by atomic mass is 9.92. The first-order chi connectivity index (χ1) is 13.9. The van der Waals surface area contributed by atoms with E-state index in [0.29, 0.717) is 19.4 Å². The molecule has 0 aromatic heterocycles. The van der Waals surface area contributed by atoms with E-state index >= 15 is 0 Å². The van der Waals surface area contributed by atoms with Gasteiger partial charge in [-0.25, -0.2) is 0 Å². The number of hydrogen-bond donors (Lipinski definition) is 1. The highest BCUT2D eigenvalue weighted by Crippen LogP contribution is 2.26. The van der Waals surface area contributed by atoms with E-state index < -0.39 is 6.04 Å². The van der Waals surface area contributed by atoms with Crippen LogP contribution in [-0.4, -0.2) is 36.3 Å². The maximum atomic E-state index is 13.2. The minimum Gasteiger partial charge on any atom is -0.375 e. The van der Waals surface area contributed by atoms with Crippen molar-refractivity contribution < 1.29 is 9.59 Å². The van der Waals surface area contributed by atoms with Crippen molar-refractivity contribution in [1.29, 1.82) is 0 Å². The zero-order valence-electron chi connectivity index (χ0n) is 17.8.